The lowest BCUT2D eigenvalue weighted by atomic mass is 9.97. The summed E-state index contributed by atoms with van der Waals surface area (Å²) < 4.78 is 5.32. The second kappa shape index (κ2) is 7.26. The number of nitrogens with zero attached hydrogens (tertiary/aromatic N) is 2. The van der Waals surface area contributed by atoms with Gasteiger partial charge >= 0.3 is 0 Å². The molecule has 6 nitrogen and oxygen atoms in total. The molecule has 1 saturated heterocycles. The minimum Gasteiger partial charge on any atom is -0.494 e. The maximum absolute atomic E-state index is 11.2. The Bertz CT molecular complexity index is 485. The van der Waals surface area contributed by atoms with E-state index in [0.29, 0.717) is 24.0 Å². The normalized spacial score (nSPS) is 16.7. The smallest absolute Gasteiger partial charge is 0.296 e. The molecule has 1 aliphatic rings. The molecule has 1 aliphatic heterocycles. The average Bonchev–Trinajstić information content (AvgIpc) is 2.47. The maximum Gasteiger partial charge on any atom is 0.296 e. The van der Waals surface area contributed by atoms with E-state index in [-0.39, 0.29) is 10.6 Å². The first-order valence-electron chi connectivity index (χ1n) is 7.43. The number of piperidine rings is 1. The Kier molecular flexibility index (Phi) is 5.38. The number of hydrogen-bond acceptors (Lipinski definition) is 5. The molecule has 1 aromatic carbocycles. The van der Waals surface area contributed by atoms with Gasteiger partial charge in [0.2, 0.25) is 0 Å². The largest absolute Gasteiger partial charge is 0.494 e. The van der Waals surface area contributed by atoms with E-state index in [1.165, 1.54) is 6.07 Å². The summed E-state index contributed by atoms with van der Waals surface area (Å²) in [5.74, 6) is 1.11. The molecule has 0 amide bonds. The molecule has 0 atom stereocenters. The van der Waals surface area contributed by atoms with Crippen molar-refractivity contribution in [2.45, 2.75) is 19.8 Å². The standard InChI is InChI=1S/C15H23N3O3/c1-3-21-13-4-5-14(15(10-13)18(19)20)16-11-12-6-8-17(2)9-7-12/h4-5,10,12,16H,3,6-9,11H2,1-2H3. The number of hydrogen-bond donors (Lipinski definition) is 1. The van der Waals surface area contributed by atoms with Gasteiger partial charge in [-0.15, -0.1) is 0 Å². The predicted octanol–water partition coefficient (Wildman–Crippen LogP) is 2.75. The second-order valence-electron chi connectivity index (χ2n) is 5.50. The number of nitrogens with one attached hydrogen (secondary N) is 1. The molecule has 1 N–H and O–H groups in total. The Morgan fingerprint density at radius 2 is 2.14 bits per heavy atom. The van der Waals surface area contributed by atoms with Crippen LogP contribution in [0.2, 0.25) is 0 Å². The van der Waals surface area contributed by atoms with Crippen LogP contribution in [0.5, 0.6) is 5.75 Å². The molecule has 0 saturated carbocycles. The van der Waals surface area contributed by atoms with E-state index in [2.05, 4.69) is 17.3 Å². The lowest BCUT2D eigenvalue weighted by Gasteiger charge is -2.29. The van der Waals surface area contributed by atoms with Crippen molar-refractivity contribution < 1.29 is 9.66 Å². The quantitative estimate of drug-likeness (QED) is 0.645. The minimum absolute atomic E-state index is 0.0777. The monoisotopic (exact) mass is 293 g/mol. The van der Waals surface area contributed by atoms with Crippen LogP contribution in [0.15, 0.2) is 18.2 Å². The Balaban J connectivity index is 2.00. The number of nitro benzene ring substituents is 1. The van der Waals surface area contributed by atoms with Crippen LogP contribution in [0.3, 0.4) is 0 Å². The van der Waals surface area contributed by atoms with Crippen molar-refractivity contribution >= 4 is 11.4 Å². The summed E-state index contributed by atoms with van der Waals surface area (Å²) in [5, 5.41) is 14.4. The molecule has 2 rings (SSSR count). The van der Waals surface area contributed by atoms with Crippen molar-refractivity contribution in [2.75, 3.05) is 38.6 Å². The van der Waals surface area contributed by atoms with Gasteiger partial charge in [0.1, 0.15) is 11.4 Å². The molecule has 1 aromatic rings. The number of rotatable bonds is 6. The molecule has 116 valence electrons. The number of nitro groups is 1. The van der Waals surface area contributed by atoms with Crippen LogP contribution in [-0.4, -0.2) is 43.1 Å². The van der Waals surface area contributed by atoms with Crippen LogP contribution in [0.4, 0.5) is 11.4 Å². The van der Waals surface area contributed by atoms with Crippen molar-refractivity contribution in [3.8, 4) is 5.75 Å². The third-order valence-electron chi connectivity index (χ3n) is 3.90. The van der Waals surface area contributed by atoms with Gasteiger partial charge in [-0.05, 0) is 58.0 Å². The zero-order valence-corrected chi connectivity index (χ0v) is 12.7. The Hall–Kier alpha value is -1.82. The molecule has 0 spiro atoms. The molecular weight excluding hydrogens is 270 g/mol. The van der Waals surface area contributed by atoms with E-state index in [9.17, 15) is 10.1 Å². The lowest BCUT2D eigenvalue weighted by molar-refractivity contribution is -0.384. The summed E-state index contributed by atoms with van der Waals surface area (Å²) in [6.45, 7) is 5.33. The number of benzene rings is 1. The molecule has 0 radical (unpaired) electrons. The van der Waals surface area contributed by atoms with E-state index in [0.717, 1.165) is 32.5 Å². The van der Waals surface area contributed by atoms with E-state index >= 15 is 0 Å². The van der Waals surface area contributed by atoms with Crippen molar-refractivity contribution in [2.24, 2.45) is 5.92 Å². The fourth-order valence-corrected chi connectivity index (χ4v) is 2.59. The van der Waals surface area contributed by atoms with Crippen molar-refractivity contribution in [1.82, 2.24) is 4.90 Å². The van der Waals surface area contributed by atoms with Crippen LogP contribution in [-0.2, 0) is 0 Å². The van der Waals surface area contributed by atoms with E-state index in [1.54, 1.807) is 12.1 Å². The topological polar surface area (TPSA) is 67.6 Å². The molecule has 6 heteroatoms. The molecule has 1 fully saturated rings. The van der Waals surface area contributed by atoms with Gasteiger partial charge in [-0.3, -0.25) is 10.1 Å². The van der Waals surface area contributed by atoms with Gasteiger partial charge in [0.25, 0.3) is 5.69 Å². The van der Waals surface area contributed by atoms with Gasteiger partial charge < -0.3 is 15.0 Å². The zero-order valence-electron chi connectivity index (χ0n) is 12.7. The number of likely N-dealkylation sites (tertiary alicyclic amines) is 1. The summed E-state index contributed by atoms with van der Waals surface area (Å²) in [4.78, 5) is 13.1. The molecular formula is C15H23N3O3. The van der Waals surface area contributed by atoms with E-state index in [1.807, 2.05) is 6.92 Å². The van der Waals surface area contributed by atoms with Crippen molar-refractivity contribution in [3.05, 3.63) is 28.3 Å². The first-order chi connectivity index (χ1) is 10.1. The number of anilines is 1. The van der Waals surface area contributed by atoms with Gasteiger partial charge in [-0.1, -0.05) is 0 Å². The lowest BCUT2D eigenvalue weighted by Crippen LogP contribution is -2.33. The van der Waals surface area contributed by atoms with Crippen LogP contribution in [0.25, 0.3) is 0 Å². The van der Waals surface area contributed by atoms with Crippen LogP contribution in [0.1, 0.15) is 19.8 Å². The van der Waals surface area contributed by atoms with E-state index in [4.69, 9.17) is 4.74 Å². The third kappa shape index (κ3) is 4.32. The van der Waals surface area contributed by atoms with Crippen molar-refractivity contribution in [1.29, 1.82) is 0 Å². The molecule has 21 heavy (non-hydrogen) atoms. The third-order valence-corrected chi connectivity index (χ3v) is 3.90. The minimum atomic E-state index is -0.362. The van der Waals surface area contributed by atoms with Crippen LogP contribution in [0, 0.1) is 16.0 Å². The van der Waals surface area contributed by atoms with Gasteiger partial charge in [-0.2, -0.15) is 0 Å². The first-order valence-corrected chi connectivity index (χ1v) is 7.43. The molecule has 1 heterocycles. The molecule has 0 bridgehead atoms. The fraction of sp³-hybridized carbons (Fsp3) is 0.600. The van der Waals surface area contributed by atoms with E-state index < -0.39 is 0 Å². The summed E-state index contributed by atoms with van der Waals surface area (Å²) >= 11 is 0. The average molecular weight is 293 g/mol. The highest BCUT2D eigenvalue weighted by Crippen LogP contribution is 2.29. The van der Waals surface area contributed by atoms with Crippen LogP contribution < -0.4 is 10.1 Å². The highest BCUT2D eigenvalue weighted by Gasteiger charge is 2.19. The Morgan fingerprint density at radius 3 is 2.76 bits per heavy atom. The summed E-state index contributed by atoms with van der Waals surface area (Å²) in [6, 6.07) is 4.99. The van der Waals surface area contributed by atoms with Gasteiger partial charge in [0.05, 0.1) is 17.6 Å². The predicted molar refractivity (Wildman–Crippen MR) is 83.0 cm³/mol. The maximum atomic E-state index is 11.2. The molecule has 0 aliphatic carbocycles. The van der Waals surface area contributed by atoms with Crippen molar-refractivity contribution in [3.63, 3.8) is 0 Å². The summed E-state index contributed by atoms with van der Waals surface area (Å²) in [7, 11) is 2.13. The first kappa shape index (κ1) is 15.6. The van der Waals surface area contributed by atoms with Gasteiger partial charge in [-0.25, -0.2) is 0 Å². The summed E-state index contributed by atoms with van der Waals surface area (Å²) in [5.41, 5.74) is 0.649. The van der Waals surface area contributed by atoms with Gasteiger partial charge in [0.15, 0.2) is 0 Å². The van der Waals surface area contributed by atoms with Gasteiger partial charge in [0, 0.05) is 6.54 Å². The Morgan fingerprint density at radius 1 is 1.43 bits per heavy atom. The molecule has 0 unspecified atom stereocenters. The second-order valence-corrected chi connectivity index (χ2v) is 5.50. The number of ether oxygens (including phenoxy) is 1. The fourth-order valence-electron chi connectivity index (χ4n) is 2.59. The van der Waals surface area contributed by atoms with Crippen LogP contribution >= 0.6 is 0 Å². The highest BCUT2D eigenvalue weighted by molar-refractivity contribution is 5.63. The summed E-state index contributed by atoms with van der Waals surface area (Å²) in [6.07, 6.45) is 2.27. The highest BCUT2D eigenvalue weighted by atomic mass is 16.6. The molecule has 0 aromatic heterocycles. The Labute approximate surface area is 125 Å². The SMILES string of the molecule is CCOc1ccc(NCC2CCN(C)CC2)c([N+](=O)[O-])c1. The zero-order chi connectivity index (χ0) is 15.2.